The fourth-order valence-electron chi connectivity index (χ4n) is 3.38. The molecule has 0 fully saturated rings. The van der Waals surface area contributed by atoms with Crippen molar-refractivity contribution in [2.24, 2.45) is 5.41 Å². The van der Waals surface area contributed by atoms with Gasteiger partial charge >= 0.3 is 0 Å². The van der Waals surface area contributed by atoms with E-state index in [1.54, 1.807) is 24.7 Å². The normalized spacial score (nSPS) is 15.5. The summed E-state index contributed by atoms with van der Waals surface area (Å²) in [4.78, 5) is 26.1. The van der Waals surface area contributed by atoms with Gasteiger partial charge in [0, 0.05) is 18.8 Å². The molecule has 0 saturated heterocycles. The van der Waals surface area contributed by atoms with E-state index in [1.165, 1.54) is 29.3 Å². The van der Waals surface area contributed by atoms with Gasteiger partial charge in [0.1, 0.15) is 11.4 Å². The second kappa shape index (κ2) is 8.50. The smallest absolute Gasteiger partial charge is 0.267 e. The first kappa shape index (κ1) is 22.5. The number of aromatic nitrogens is 4. The van der Waals surface area contributed by atoms with Gasteiger partial charge in [-0.1, -0.05) is 12.1 Å². The molecule has 9 heteroatoms. The maximum atomic E-state index is 13.4. The summed E-state index contributed by atoms with van der Waals surface area (Å²) in [5.74, 6) is -0.561. The highest BCUT2D eigenvalue weighted by molar-refractivity contribution is 5.83. The highest BCUT2D eigenvalue weighted by Gasteiger charge is 2.52. The molecule has 7 nitrogen and oxygen atoms in total. The molecule has 2 unspecified atom stereocenters. The van der Waals surface area contributed by atoms with Crippen LogP contribution in [0.15, 0.2) is 59.8 Å². The summed E-state index contributed by atoms with van der Waals surface area (Å²) in [6.07, 6.45) is 1.50. The van der Waals surface area contributed by atoms with E-state index >= 15 is 0 Å². The molecule has 3 rings (SSSR count). The van der Waals surface area contributed by atoms with E-state index in [0.29, 0.717) is 5.56 Å². The van der Waals surface area contributed by atoms with Crippen molar-refractivity contribution in [2.75, 3.05) is 0 Å². The number of ketones is 1. The van der Waals surface area contributed by atoms with Crippen LogP contribution in [0.1, 0.15) is 27.2 Å². The Morgan fingerprint density at radius 1 is 1.10 bits per heavy atom. The average Bonchev–Trinajstić information content (AvgIpc) is 3.27. The van der Waals surface area contributed by atoms with Crippen molar-refractivity contribution in [3.8, 4) is 16.8 Å². The Hall–Kier alpha value is -3.20. The maximum absolute atomic E-state index is 13.4. The van der Waals surface area contributed by atoms with Crippen molar-refractivity contribution in [2.45, 2.75) is 45.8 Å². The number of aryl methyl sites for hydroxylation is 1. The summed E-state index contributed by atoms with van der Waals surface area (Å²) in [6.45, 7) is 3.44. The number of alkyl halides is 2. The van der Waals surface area contributed by atoms with Crippen LogP contribution < -0.4 is 5.56 Å². The van der Waals surface area contributed by atoms with E-state index in [0.717, 1.165) is 18.2 Å². The van der Waals surface area contributed by atoms with Crippen molar-refractivity contribution in [3.63, 3.8) is 0 Å². The molecular formula is C22H24F2N4O3. The lowest BCUT2D eigenvalue weighted by atomic mass is 9.69. The van der Waals surface area contributed by atoms with Gasteiger partial charge < -0.3 is 9.67 Å². The number of halogens is 2. The van der Waals surface area contributed by atoms with Crippen LogP contribution in [0.5, 0.6) is 0 Å². The number of nitrogens with zero attached hydrogens (tertiary/aromatic N) is 4. The van der Waals surface area contributed by atoms with E-state index in [-0.39, 0.29) is 18.5 Å². The molecule has 0 aliphatic heterocycles. The van der Waals surface area contributed by atoms with Crippen molar-refractivity contribution in [1.82, 2.24) is 19.6 Å². The first-order chi connectivity index (χ1) is 14.6. The number of rotatable bonds is 8. The first-order valence-electron chi connectivity index (χ1n) is 9.75. The predicted molar refractivity (Wildman–Crippen MR) is 111 cm³/mol. The quantitative estimate of drug-likeness (QED) is 0.593. The molecule has 0 aliphatic rings. The molecule has 1 aromatic carbocycles. The minimum Gasteiger partial charge on any atom is -0.383 e. The van der Waals surface area contributed by atoms with Gasteiger partial charge in [0.25, 0.3) is 12.0 Å². The third-order valence-corrected chi connectivity index (χ3v) is 6.02. The third-order valence-electron chi connectivity index (χ3n) is 6.02. The van der Waals surface area contributed by atoms with Gasteiger partial charge in [-0.2, -0.15) is 15.0 Å². The average molecular weight is 430 g/mol. The van der Waals surface area contributed by atoms with Gasteiger partial charge in [-0.05, 0) is 56.5 Å². The molecular weight excluding hydrogens is 406 g/mol. The van der Waals surface area contributed by atoms with Crippen LogP contribution in [0.25, 0.3) is 16.8 Å². The van der Waals surface area contributed by atoms with E-state index in [1.807, 2.05) is 24.3 Å². The number of carbonyl (C=O) groups is 1. The number of pyridine rings is 1. The molecule has 0 amide bonds. The molecule has 0 saturated carbocycles. The topological polar surface area (TPSA) is 90.0 Å². The molecule has 2 aromatic heterocycles. The van der Waals surface area contributed by atoms with Crippen LogP contribution in [0.3, 0.4) is 0 Å². The monoisotopic (exact) mass is 430 g/mol. The lowest BCUT2D eigenvalue weighted by Crippen LogP contribution is -2.54. The summed E-state index contributed by atoms with van der Waals surface area (Å²) in [5.41, 5.74) is -2.26. The maximum Gasteiger partial charge on any atom is 0.267 e. The predicted octanol–water partition coefficient (Wildman–Crippen LogP) is 3.10. The summed E-state index contributed by atoms with van der Waals surface area (Å²) in [6, 6.07) is 10.5. The third kappa shape index (κ3) is 4.32. The van der Waals surface area contributed by atoms with Gasteiger partial charge in [0.2, 0.25) is 0 Å². The van der Waals surface area contributed by atoms with Crippen molar-refractivity contribution < 1.29 is 18.7 Å². The fraction of sp³-hybridized carbons (Fsp3) is 0.364. The van der Waals surface area contributed by atoms with Gasteiger partial charge in [-0.15, -0.1) is 0 Å². The molecule has 0 aliphatic carbocycles. The SMILES string of the molecule is CC(=O)C(C)(CCn1ccc(-c2ccc(-n3nccn3)cc2)cc1=O)C(C)(O)C(F)F. The minimum atomic E-state index is -3.10. The van der Waals surface area contributed by atoms with E-state index in [4.69, 9.17) is 0 Å². The molecule has 2 heterocycles. The highest BCUT2D eigenvalue weighted by atomic mass is 19.3. The Morgan fingerprint density at radius 3 is 2.23 bits per heavy atom. The summed E-state index contributed by atoms with van der Waals surface area (Å²) in [7, 11) is 0. The number of hydrogen-bond donors (Lipinski definition) is 1. The van der Waals surface area contributed by atoms with Crippen LogP contribution in [0, 0.1) is 5.41 Å². The molecule has 31 heavy (non-hydrogen) atoms. The lowest BCUT2D eigenvalue weighted by molar-refractivity contribution is -0.174. The van der Waals surface area contributed by atoms with Gasteiger partial charge in [0.05, 0.1) is 23.5 Å². The highest BCUT2D eigenvalue weighted by Crippen LogP contribution is 2.40. The van der Waals surface area contributed by atoms with Gasteiger partial charge in [-0.25, -0.2) is 8.78 Å². The van der Waals surface area contributed by atoms with Gasteiger partial charge in [-0.3, -0.25) is 9.59 Å². The van der Waals surface area contributed by atoms with Crippen LogP contribution in [-0.2, 0) is 11.3 Å². The minimum absolute atomic E-state index is 0.0158. The van der Waals surface area contributed by atoms with Crippen molar-refractivity contribution in [1.29, 1.82) is 0 Å². The van der Waals surface area contributed by atoms with Crippen LogP contribution in [0.4, 0.5) is 8.78 Å². The van der Waals surface area contributed by atoms with Crippen LogP contribution >= 0.6 is 0 Å². The summed E-state index contributed by atoms with van der Waals surface area (Å²) in [5, 5.41) is 18.4. The lowest BCUT2D eigenvalue weighted by Gasteiger charge is -2.40. The second-order valence-electron chi connectivity index (χ2n) is 7.90. The molecule has 1 N–H and O–H groups in total. The zero-order valence-corrected chi connectivity index (χ0v) is 17.5. The Bertz CT molecular complexity index is 1110. The zero-order chi connectivity index (χ0) is 22.8. The second-order valence-corrected chi connectivity index (χ2v) is 7.90. The number of aliphatic hydroxyl groups is 1. The number of Topliss-reactive ketones (excluding diaryl/α,β-unsaturated/α-hetero) is 1. The fourth-order valence-corrected chi connectivity index (χ4v) is 3.38. The molecule has 2 atom stereocenters. The zero-order valence-electron chi connectivity index (χ0n) is 17.5. The number of hydrogen-bond acceptors (Lipinski definition) is 5. The molecule has 0 spiro atoms. The Morgan fingerprint density at radius 2 is 1.71 bits per heavy atom. The molecule has 0 radical (unpaired) electrons. The standard InChI is InChI=1S/C22H24F2N4O3/c1-15(29)21(2,22(3,31)20(23)24)9-13-27-12-8-17(14-19(27)30)16-4-6-18(7-5-16)28-25-10-11-26-28/h4-8,10-12,14,20,31H,9,13H2,1-3H3. The van der Waals surface area contributed by atoms with E-state index in [2.05, 4.69) is 10.2 Å². The summed E-state index contributed by atoms with van der Waals surface area (Å²) >= 11 is 0. The van der Waals surface area contributed by atoms with Gasteiger partial charge in [0.15, 0.2) is 0 Å². The summed E-state index contributed by atoms with van der Waals surface area (Å²) < 4.78 is 28.0. The largest absolute Gasteiger partial charge is 0.383 e. The molecule has 164 valence electrons. The Kier molecular flexibility index (Phi) is 6.17. The van der Waals surface area contributed by atoms with E-state index in [9.17, 15) is 23.5 Å². The Labute approximate surface area is 178 Å². The van der Waals surface area contributed by atoms with E-state index < -0.39 is 23.2 Å². The van der Waals surface area contributed by atoms with Crippen LogP contribution in [-0.4, -0.2) is 42.5 Å². The van der Waals surface area contributed by atoms with Crippen molar-refractivity contribution >= 4 is 5.78 Å². The molecule has 3 aromatic rings. The van der Waals surface area contributed by atoms with Crippen LogP contribution in [0.2, 0.25) is 0 Å². The Balaban J connectivity index is 1.79. The van der Waals surface area contributed by atoms with Crippen molar-refractivity contribution in [3.05, 3.63) is 65.3 Å². The molecule has 0 bridgehead atoms. The number of carbonyl (C=O) groups excluding carboxylic acids is 1. The number of benzene rings is 1. The first-order valence-corrected chi connectivity index (χ1v) is 9.75.